The van der Waals surface area contributed by atoms with Gasteiger partial charge in [0, 0.05) is 16.6 Å². The van der Waals surface area contributed by atoms with Crippen LogP contribution in [0.2, 0.25) is 5.02 Å². The summed E-state index contributed by atoms with van der Waals surface area (Å²) in [5.41, 5.74) is 5.33. The molecule has 0 aliphatic heterocycles. The number of urea groups is 1. The van der Waals surface area contributed by atoms with E-state index >= 15 is 0 Å². The number of amides is 3. The van der Waals surface area contributed by atoms with Gasteiger partial charge in [0.2, 0.25) is 5.91 Å². The van der Waals surface area contributed by atoms with Gasteiger partial charge in [0.05, 0.1) is 0 Å². The molecule has 0 saturated heterocycles. The van der Waals surface area contributed by atoms with Gasteiger partial charge in [-0.25, -0.2) is 10.2 Å². The van der Waals surface area contributed by atoms with Crippen molar-refractivity contribution >= 4 is 29.2 Å². The van der Waals surface area contributed by atoms with E-state index < -0.39 is 6.03 Å². The number of carbonyl (C=O) groups excluding carboxylic acids is 2. The summed E-state index contributed by atoms with van der Waals surface area (Å²) in [6.07, 6.45) is 3.94. The van der Waals surface area contributed by atoms with Gasteiger partial charge >= 0.3 is 6.03 Å². The molecule has 0 atom stereocenters. The van der Waals surface area contributed by atoms with E-state index in [0.717, 1.165) is 25.7 Å². The molecular weight excluding hydrogens is 266 g/mol. The third-order valence-corrected chi connectivity index (χ3v) is 3.34. The van der Waals surface area contributed by atoms with E-state index in [4.69, 9.17) is 11.6 Å². The van der Waals surface area contributed by atoms with Crippen molar-refractivity contribution in [3.8, 4) is 0 Å². The van der Waals surface area contributed by atoms with Crippen molar-refractivity contribution in [2.45, 2.75) is 25.7 Å². The Kier molecular flexibility index (Phi) is 4.63. The number of nitrogens with one attached hydrogen (secondary N) is 3. The summed E-state index contributed by atoms with van der Waals surface area (Å²) in [5, 5.41) is 3.11. The van der Waals surface area contributed by atoms with E-state index in [0.29, 0.717) is 10.7 Å². The summed E-state index contributed by atoms with van der Waals surface area (Å²) in [6.45, 7) is 0. The lowest BCUT2D eigenvalue weighted by atomic mass is 10.1. The minimum atomic E-state index is -0.492. The predicted molar refractivity (Wildman–Crippen MR) is 73.7 cm³/mol. The number of hydrogen-bond donors (Lipinski definition) is 3. The highest BCUT2D eigenvalue weighted by Gasteiger charge is 2.22. The third kappa shape index (κ3) is 4.13. The van der Waals surface area contributed by atoms with Gasteiger partial charge in [0.1, 0.15) is 0 Å². The number of hydrazine groups is 1. The van der Waals surface area contributed by atoms with E-state index in [2.05, 4.69) is 16.2 Å². The summed E-state index contributed by atoms with van der Waals surface area (Å²) in [7, 11) is 0. The van der Waals surface area contributed by atoms with Gasteiger partial charge in [-0.15, -0.1) is 0 Å². The van der Waals surface area contributed by atoms with Gasteiger partial charge in [-0.1, -0.05) is 30.5 Å². The standard InChI is InChI=1S/C13H16ClN3O2/c14-10-6-3-7-11(8-10)15-13(19)17-16-12(18)9-4-1-2-5-9/h3,6-9H,1-2,4-5H2,(H,16,18)(H2,15,17,19). The Morgan fingerprint density at radius 3 is 2.58 bits per heavy atom. The minimum absolute atomic E-state index is 0.0199. The summed E-state index contributed by atoms with van der Waals surface area (Å²) in [6, 6.07) is 6.29. The molecule has 6 heteroatoms. The molecule has 1 saturated carbocycles. The van der Waals surface area contributed by atoms with Crippen LogP contribution in [0.15, 0.2) is 24.3 Å². The second kappa shape index (κ2) is 6.43. The second-order valence-corrected chi connectivity index (χ2v) is 5.00. The Morgan fingerprint density at radius 1 is 1.16 bits per heavy atom. The lowest BCUT2D eigenvalue weighted by Gasteiger charge is -2.12. The highest BCUT2D eigenvalue weighted by molar-refractivity contribution is 6.30. The molecule has 0 bridgehead atoms. The van der Waals surface area contributed by atoms with Crippen molar-refractivity contribution in [2.24, 2.45) is 5.92 Å². The maximum atomic E-state index is 11.7. The van der Waals surface area contributed by atoms with Crippen molar-refractivity contribution in [3.63, 3.8) is 0 Å². The summed E-state index contributed by atoms with van der Waals surface area (Å²) in [4.78, 5) is 23.2. The lowest BCUT2D eigenvalue weighted by Crippen LogP contribution is -2.46. The summed E-state index contributed by atoms with van der Waals surface area (Å²) >= 11 is 5.80. The molecule has 5 nitrogen and oxygen atoms in total. The molecule has 1 aromatic rings. The molecule has 1 aliphatic carbocycles. The summed E-state index contributed by atoms with van der Waals surface area (Å²) in [5.74, 6) is -0.106. The fourth-order valence-electron chi connectivity index (χ4n) is 2.14. The first kappa shape index (κ1) is 13.7. The van der Waals surface area contributed by atoms with Crippen LogP contribution in [0.1, 0.15) is 25.7 Å². The molecule has 0 radical (unpaired) electrons. The van der Waals surface area contributed by atoms with Crippen LogP contribution >= 0.6 is 11.6 Å². The third-order valence-electron chi connectivity index (χ3n) is 3.11. The topological polar surface area (TPSA) is 70.2 Å². The average molecular weight is 282 g/mol. The minimum Gasteiger partial charge on any atom is -0.307 e. The maximum absolute atomic E-state index is 11.7. The molecule has 3 N–H and O–H groups in total. The fourth-order valence-corrected chi connectivity index (χ4v) is 2.33. The van der Waals surface area contributed by atoms with Gasteiger partial charge in [-0.3, -0.25) is 10.2 Å². The summed E-state index contributed by atoms with van der Waals surface area (Å²) < 4.78 is 0. The first-order chi connectivity index (χ1) is 9.15. The van der Waals surface area contributed by atoms with Crippen LogP contribution in [0.25, 0.3) is 0 Å². The van der Waals surface area contributed by atoms with Crippen LogP contribution in [0.4, 0.5) is 10.5 Å². The van der Waals surface area contributed by atoms with E-state index in [-0.39, 0.29) is 11.8 Å². The second-order valence-electron chi connectivity index (χ2n) is 4.56. The quantitative estimate of drug-likeness (QED) is 0.730. The molecule has 3 amide bonds. The molecule has 2 rings (SSSR count). The van der Waals surface area contributed by atoms with Crippen LogP contribution in [0, 0.1) is 5.92 Å². The molecule has 0 aromatic heterocycles. The van der Waals surface area contributed by atoms with Crippen molar-refractivity contribution < 1.29 is 9.59 Å². The number of anilines is 1. The zero-order valence-corrected chi connectivity index (χ0v) is 11.2. The van der Waals surface area contributed by atoms with Crippen molar-refractivity contribution in [3.05, 3.63) is 29.3 Å². The van der Waals surface area contributed by atoms with Crippen molar-refractivity contribution in [2.75, 3.05) is 5.32 Å². The molecule has 102 valence electrons. The van der Waals surface area contributed by atoms with E-state index in [1.807, 2.05) is 0 Å². The van der Waals surface area contributed by atoms with Crippen LogP contribution in [-0.4, -0.2) is 11.9 Å². The Bertz CT molecular complexity index is 473. The van der Waals surface area contributed by atoms with Crippen molar-refractivity contribution in [1.82, 2.24) is 10.9 Å². The van der Waals surface area contributed by atoms with Crippen molar-refractivity contribution in [1.29, 1.82) is 0 Å². The molecule has 0 heterocycles. The maximum Gasteiger partial charge on any atom is 0.337 e. The highest BCUT2D eigenvalue weighted by atomic mass is 35.5. The zero-order valence-electron chi connectivity index (χ0n) is 10.4. The Morgan fingerprint density at radius 2 is 1.89 bits per heavy atom. The molecule has 1 fully saturated rings. The molecule has 0 unspecified atom stereocenters. The van der Waals surface area contributed by atoms with Gasteiger partial charge in [-0.05, 0) is 31.0 Å². The van der Waals surface area contributed by atoms with Crippen LogP contribution in [0.3, 0.4) is 0 Å². The lowest BCUT2D eigenvalue weighted by molar-refractivity contribution is -0.125. The van der Waals surface area contributed by atoms with Crippen LogP contribution in [-0.2, 0) is 4.79 Å². The Labute approximate surface area is 116 Å². The number of rotatable bonds is 2. The molecule has 1 aromatic carbocycles. The van der Waals surface area contributed by atoms with Gasteiger partial charge in [0.25, 0.3) is 0 Å². The predicted octanol–water partition coefficient (Wildman–Crippen LogP) is 2.68. The largest absolute Gasteiger partial charge is 0.337 e. The number of benzene rings is 1. The van der Waals surface area contributed by atoms with Gasteiger partial charge in [-0.2, -0.15) is 0 Å². The number of halogens is 1. The number of carbonyl (C=O) groups is 2. The van der Waals surface area contributed by atoms with Crippen LogP contribution < -0.4 is 16.2 Å². The van der Waals surface area contributed by atoms with Crippen LogP contribution in [0.5, 0.6) is 0 Å². The molecule has 19 heavy (non-hydrogen) atoms. The Hall–Kier alpha value is -1.75. The van der Waals surface area contributed by atoms with E-state index in [1.165, 1.54) is 0 Å². The van der Waals surface area contributed by atoms with E-state index in [1.54, 1.807) is 24.3 Å². The smallest absolute Gasteiger partial charge is 0.307 e. The first-order valence-corrected chi connectivity index (χ1v) is 6.65. The molecule has 1 aliphatic rings. The molecule has 0 spiro atoms. The average Bonchev–Trinajstić information content (AvgIpc) is 2.90. The SMILES string of the molecule is O=C(NNC(=O)C1CCCC1)Nc1cccc(Cl)c1. The van der Waals surface area contributed by atoms with E-state index in [9.17, 15) is 9.59 Å². The molecular formula is C13H16ClN3O2. The van der Waals surface area contributed by atoms with Gasteiger partial charge in [0.15, 0.2) is 0 Å². The normalized spacial score (nSPS) is 15.0. The Balaban J connectivity index is 1.76. The number of hydrogen-bond acceptors (Lipinski definition) is 2. The first-order valence-electron chi connectivity index (χ1n) is 6.27. The monoisotopic (exact) mass is 281 g/mol. The highest BCUT2D eigenvalue weighted by Crippen LogP contribution is 2.24. The zero-order chi connectivity index (χ0) is 13.7. The van der Waals surface area contributed by atoms with Gasteiger partial charge < -0.3 is 5.32 Å². The fraction of sp³-hybridized carbons (Fsp3) is 0.385.